The highest BCUT2D eigenvalue weighted by Crippen LogP contribution is 2.26. The molecule has 7 heteroatoms. The van der Waals surface area contributed by atoms with Gasteiger partial charge in [0.25, 0.3) is 0 Å². The van der Waals surface area contributed by atoms with Crippen molar-refractivity contribution in [2.75, 3.05) is 11.9 Å². The van der Waals surface area contributed by atoms with E-state index in [2.05, 4.69) is 5.32 Å². The topological polar surface area (TPSA) is 58.6 Å². The predicted molar refractivity (Wildman–Crippen MR) is 88.7 cm³/mol. The number of hydrogen-bond acceptors (Lipinski definition) is 3. The average molecular weight is 347 g/mol. The summed E-state index contributed by atoms with van der Waals surface area (Å²) in [4.78, 5) is 25.4. The van der Waals surface area contributed by atoms with Crippen molar-refractivity contribution >= 4 is 40.9 Å². The van der Waals surface area contributed by atoms with Gasteiger partial charge in [-0.05, 0) is 45.9 Å². The molecule has 2 amide bonds. The van der Waals surface area contributed by atoms with E-state index in [9.17, 15) is 9.59 Å². The first-order valence-electron chi connectivity index (χ1n) is 6.73. The number of amides is 2. The van der Waals surface area contributed by atoms with Crippen molar-refractivity contribution < 1.29 is 14.3 Å². The number of ether oxygens (including phenoxy) is 1. The number of benzene rings is 1. The fourth-order valence-electron chi connectivity index (χ4n) is 1.66. The molecule has 0 aliphatic heterocycles. The summed E-state index contributed by atoms with van der Waals surface area (Å²) in [5.41, 5.74) is -0.0418. The predicted octanol–water partition coefficient (Wildman–Crippen LogP) is 3.87. The summed E-state index contributed by atoms with van der Waals surface area (Å²) in [6.07, 6.45) is -0.643. The Labute approximate surface area is 140 Å². The summed E-state index contributed by atoms with van der Waals surface area (Å²) in [6.45, 7) is 6.84. The summed E-state index contributed by atoms with van der Waals surface area (Å²) >= 11 is 11.8. The summed E-state index contributed by atoms with van der Waals surface area (Å²) in [7, 11) is 1.59. The van der Waals surface area contributed by atoms with E-state index in [1.54, 1.807) is 52.9 Å². The highest BCUT2D eigenvalue weighted by molar-refractivity contribution is 6.42. The first-order chi connectivity index (χ1) is 10.0. The molecular formula is C15H20Cl2N2O3. The minimum absolute atomic E-state index is 0.302. The zero-order chi connectivity index (χ0) is 17.1. The van der Waals surface area contributed by atoms with Crippen LogP contribution in [0.1, 0.15) is 27.7 Å². The third kappa shape index (κ3) is 5.39. The standard InChI is InChI=1S/C15H20Cl2N2O3/c1-9(18-14(21)22-15(2,3)4)13(20)19(5)10-6-7-11(16)12(17)8-10/h6-9H,1-5H3,(H,18,21). The van der Waals surface area contributed by atoms with Crippen LogP contribution in [-0.4, -0.2) is 30.7 Å². The number of hydrogen-bond donors (Lipinski definition) is 1. The van der Waals surface area contributed by atoms with E-state index in [0.717, 1.165) is 0 Å². The lowest BCUT2D eigenvalue weighted by Crippen LogP contribution is -2.47. The summed E-state index contributed by atoms with van der Waals surface area (Å²) in [6, 6.07) is 4.12. The molecule has 0 saturated heterocycles. The zero-order valence-electron chi connectivity index (χ0n) is 13.2. The van der Waals surface area contributed by atoms with E-state index < -0.39 is 17.7 Å². The molecule has 122 valence electrons. The molecule has 1 aromatic carbocycles. The quantitative estimate of drug-likeness (QED) is 0.903. The second-order valence-electron chi connectivity index (χ2n) is 5.86. The summed E-state index contributed by atoms with van der Waals surface area (Å²) < 4.78 is 5.12. The van der Waals surface area contributed by atoms with Gasteiger partial charge in [-0.3, -0.25) is 4.79 Å². The van der Waals surface area contributed by atoms with Crippen LogP contribution in [0.3, 0.4) is 0 Å². The Balaban J connectivity index is 2.73. The minimum atomic E-state index is -0.741. The van der Waals surface area contributed by atoms with Crippen molar-refractivity contribution in [3.05, 3.63) is 28.2 Å². The fraction of sp³-hybridized carbons (Fsp3) is 0.467. The van der Waals surface area contributed by atoms with E-state index in [4.69, 9.17) is 27.9 Å². The number of nitrogens with zero attached hydrogens (tertiary/aromatic N) is 1. The van der Waals surface area contributed by atoms with Crippen molar-refractivity contribution in [1.29, 1.82) is 0 Å². The molecule has 0 heterocycles. The monoisotopic (exact) mass is 346 g/mol. The lowest BCUT2D eigenvalue weighted by molar-refractivity contribution is -0.120. The van der Waals surface area contributed by atoms with E-state index >= 15 is 0 Å². The summed E-state index contributed by atoms with van der Waals surface area (Å²) in [5.74, 6) is -0.302. The molecular weight excluding hydrogens is 327 g/mol. The van der Waals surface area contributed by atoms with Gasteiger partial charge < -0.3 is 15.0 Å². The fourth-order valence-corrected chi connectivity index (χ4v) is 1.95. The van der Waals surface area contributed by atoms with Gasteiger partial charge in [0.1, 0.15) is 11.6 Å². The molecule has 0 aromatic heterocycles. The normalized spacial score (nSPS) is 12.5. The molecule has 1 atom stereocenters. The smallest absolute Gasteiger partial charge is 0.408 e. The Morgan fingerprint density at radius 2 is 1.82 bits per heavy atom. The molecule has 1 aromatic rings. The van der Waals surface area contributed by atoms with Crippen LogP contribution in [0.25, 0.3) is 0 Å². The lowest BCUT2D eigenvalue weighted by atomic mass is 10.2. The number of alkyl carbamates (subject to hydrolysis) is 1. The van der Waals surface area contributed by atoms with Crippen LogP contribution in [0.5, 0.6) is 0 Å². The van der Waals surface area contributed by atoms with Crippen LogP contribution in [0.4, 0.5) is 10.5 Å². The van der Waals surface area contributed by atoms with Gasteiger partial charge in [-0.15, -0.1) is 0 Å². The van der Waals surface area contributed by atoms with Crippen molar-refractivity contribution in [1.82, 2.24) is 5.32 Å². The number of carbonyl (C=O) groups is 2. The van der Waals surface area contributed by atoms with Crippen LogP contribution < -0.4 is 10.2 Å². The van der Waals surface area contributed by atoms with E-state index in [1.807, 2.05) is 0 Å². The van der Waals surface area contributed by atoms with Gasteiger partial charge in [0.05, 0.1) is 10.0 Å². The number of carbonyl (C=O) groups excluding carboxylic acids is 2. The van der Waals surface area contributed by atoms with E-state index in [1.165, 1.54) is 4.90 Å². The summed E-state index contributed by atoms with van der Waals surface area (Å²) in [5, 5.41) is 3.26. The maximum absolute atomic E-state index is 12.3. The minimum Gasteiger partial charge on any atom is -0.444 e. The van der Waals surface area contributed by atoms with Gasteiger partial charge in [-0.1, -0.05) is 23.2 Å². The zero-order valence-corrected chi connectivity index (χ0v) is 14.7. The Hall–Kier alpha value is -1.46. The van der Waals surface area contributed by atoms with Crippen molar-refractivity contribution in [3.63, 3.8) is 0 Å². The van der Waals surface area contributed by atoms with Crippen molar-refractivity contribution in [2.45, 2.75) is 39.3 Å². The van der Waals surface area contributed by atoms with E-state index in [-0.39, 0.29) is 5.91 Å². The maximum Gasteiger partial charge on any atom is 0.408 e. The molecule has 1 rings (SSSR count). The van der Waals surface area contributed by atoms with Gasteiger partial charge in [0.15, 0.2) is 0 Å². The van der Waals surface area contributed by atoms with Crippen LogP contribution in [0, 0.1) is 0 Å². The van der Waals surface area contributed by atoms with Crippen LogP contribution >= 0.6 is 23.2 Å². The van der Waals surface area contributed by atoms with Crippen molar-refractivity contribution in [3.8, 4) is 0 Å². The molecule has 0 spiro atoms. The number of likely N-dealkylation sites (N-methyl/N-ethyl adjacent to an activating group) is 1. The third-order valence-electron chi connectivity index (χ3n) is 2.72. The highest BCUT2D eigenvalue weighted by atomic mass is 35.5. The molecule has 1 unspecified atom stereocenters. The van der Waals surface area contributed by atoms with Crippen LogP contribution in [-0.2, 0) is 9.53 Å². The molecule has 0 radical (unpaired) electrons. The van der Waals surface area contributed by atoms with Gasteiger partial charge in [0, 0.05) is 12.7 Å². The molecule has 0 bridgehead atoms. The lowest BCUT2D eigenvalue weighted by Gasteiger charge is -2.24. The molecule has 1 N–H and O–H groups in total. The first kappa shape index (κ1) is 18.6. The van der Waals surface area contributed by atoms with Gasteiger partial charge in [-0.2, -0.15) is 0 Å². The number of halogens is 2. The number of anilines is 1. The second kappa shape index (κ2) is 7.20. The van der Waals surface area contributed by atoms with Gasteiger partial charge >= 0.3 is 6.09 Å². The van der Waals surface area contributed by atoms with Gasteiger partial charge in [-0.25, -0.2) is 4.79 Å². The van der Waals surface area contributed by atoms with Crippen LogP contribution in [0.15, 0.2) is 18.2 Å². The number of rotatable bonds is 3. The maximum atomic E-state index is 12.3. The van der Waals surface area contributed by atoms with Gasteiger partial charge in [0.2, 0.25) is 5.91 Å². The first-order valence-corrected chi connectivity index (χ1v) is 7.49. The number of nitrogens with one attached hydrogen (secondary N) is 1. The van der Waals surface area contributed by atoms with E-state index in [0.29, 0.717) is 15.7 Å². The highest BCUT2D eigenvalue weighted by Gasteiger charge is 2.24. The second-order valence-corrected chi connectivity index (χ2v) is 6.68. The molecule has 0 aliphatic carbocycles. The Bertz CT molecular complexity index is 570. The Morgan fingerprint density at radius 1 is 1.23 bits per heavy atom. The molecule has 0 aliphatic rings. The largest absolute Gasteiger partial charge is 0.444 e. The molecule has 22 heavy (non-hydrogen) atoms. The third-order valence-corrected chi connectivity index (χ3v) is 3.46. The SMILES string of the molecule is CC(NC(=O)OC(C)(C)C)C(=O)N(C)c1ccc(Cl)c(Cl)c1. The molecule has 5 nitrogen and oxygen atoms in total. The van der Waals surface area contributed by atoms with Crippen LogP contribution in [0.2, 0.25) is 10.0 Å². The molecule has 0 fully saturated rings. The Morgan fingerprint density at radius 3 is 2.32 bits per heavy atom. The Kier molecular flexibility index (Phi) is 6.08. The van der Waals surface area contributed by atoms with Crippen molar-refractivity contribution in [2.24, 2.45) is 0 Å². The average Bonchev–Trinajstić information content (AvgIpc) is 2.37. The molecule has 0 saturated carbocycles.